The zero-order valence-electron chi connectivity index (χ0n) is 12.5. The summed E-state index contributed by atoms with van der Waals surface area (Å²) in [6.45, 7) is 4.65. The van der Waals surface area contributed by atoms with Crippen LogP contribution >= 0.6 is 11.8 Å². The van der Waals surface area contributed by atoms with Crippen molar-refractivity contribution in [2.45, 2.75) is 49.1 Å². The third kappa shape index (κ3) is 3.05. The van der Waals surface area contributed by atoms with Crippen molar-refractivity contribution in [2.24, 2.45) is 0 Å². The lowest BCUT2D eigenvalue weighted by Crippen LogP contribution is -2.61. The number of piperazine rings is 1. The standard InChI is InChI=1S/C17H26N2S/c1-20-16-7-5-15(6-8-16)13-19-12-11-18-14-17(19)9-3-2-4-10-17/h5-8,18H,2-4,9-14H2,1H3. The molecule has 110 valence electrons. The van der Waals surface area contributed by atoms with E-state index in [-0.39, 0.29) is 0 Å². The molecule has 1 spiro atoms. The molecule has 0 atom stereocenters. The highest BCUT2D eigenvalue weighted by Crippen LogP contribution is 2.35. The second kappa shape index (κ2) is 6.50. The fourth-order valence-corrected chi connectivity index (χ4v) is 4.19. The Balaban J connectivity index is 1.72. The zero-order chi connectivity index (χ0) is 13.8. The van der Waals surface area contributed by atoms with Crippen LogP contribution in [0.4, 0.5) is 0 Å². The van der Waals surface area contributed by atoms with E-state index in [1.165, 1.54) is 55.7 Å². The molecule has 1 aromatic rings. The van der Waals surface area contributed by atoms with Gasteiger partial charge in [-0.3, -0.25) is 4.90 Å². The van der Waals surface area contributed by atoms with Crippen molar-refractivity contribution in [3.63, 3.8) is 0 Å². The summed E-state index contributed by atoms with van der Waals surface area (Å²) in [4.78, 5) is 4.12. The average Bonchev–Trinajstić information content (AvgIpc) is 2.51. The topological polar surface area (TPSA) is 15.3 Å². The summed E-state index contributed by atoms with van der Waals surface area (Å²) < 4.78 is 0. The van der Waals surface area contributed by atoms with E-state index in [4.69, 9.17) is 0 Å². The van der Waals surface area contributed by atoms with Gasteiger partial charge in [0.15, 0.2) is 0 Å². The molecule has 1 aliphatic heterocycles. The van der Waals surface area contributed by atoms with Crippen molar-refractivity contribution in [1.29, 1.82) is 0 Å². The third-order valence-corrected chi connectivity index (χ3v) is 5.74. The van der Waals surface area contributed by atoms with E-state index in [0.29, 0.717) is 5.54 Å². The van der Waals surface area contributed by atoms with E-state index in [1.807, 2.05) is 11.8 Å². The van der Waals surface area contributed by atoms with Gasteiger partial charge in [0.2, 0.25) is 0 Å². The number of benzene rings is 1. The normalized spacial score (nSPS) is 23.1. The Kier molecular flexibility index (Phi) is 4.69. The van der Waals surface area contributed by atoms with Crippen LogP contribution < -0.4 is 5.32 Å². The Morgan fingerprint density at radius 2 is 1.90 bits per heavy atom. The van der Waals surface area contributed by atoms with E-state index >= 15 is 0 Å². The summed E-state index contributed by atoms with van der Waals surface area (Å²) in [7, 11) is 0. The van der Waals surface area contributed by atoms with Crippen molar-refractivity contribution in [2.75, 3.05) is 25.9 Å². The number of rotatable bonds is 3. The van der Waals surface area contributed by atoms with Crippen LogP contribution in [0.15, 0.2) is 29.2 Å². The van der Waals surface area contributed by atoms with Gasteiger partial charge >= 0.3 is 0 Å². The maximum atomic E-state index is 3.63. The first-order chi connectivity index (χ1) is 9.82. The molecule has 1 N–H and O–H groups in total. The highest BCUT2D eigenvalue weighted by molar-refractivity contribution is 7.98. The van der Waals surface area contributed by atoms with Gasteiger partial charge in [-0.05, 0) is 36.8 Å². The van der Waals surface area contributed by atoms with Crippen LogP contribution in [0.3, 0.4) is 0 Å². The number of hydrogen-bond donors (Lipinski definition) is 1. The number of hydrogen-bond acceptors (Lipinski definition) is 3. The average molecular weight is 290 g/mol. The van der Waals surface area contributed by atoms with Crippen LogP contribution in [-0.4, -0.2) is 36.3 Å². The minimum absolute atomic E-state index is 0.439. The fraction of sp³-hybridized carbons (Fsp3) is 0.647. The number of nitrogens with one attached hydrogen (secondary N) is 1. The Labute approximate surface area is 127 Å². The fourth-order valence-electron chi connectivity index (χ4n) is 3.79. The van der Waals surface area contributed by atoms with Gasteiger partial charge in [0, 0.05) is 36.6 Å². The van der Waals surface area contributed by atoms with Crippen molar-refractivity contribution >= 4 is 11.8 Å². The van der Waals surface area contributed by atoms with Crippen LogP contribution in [0.25, 0.3) is 0 Å². The molecule has 0 radical (unpaired) electrons. The lowest BCUT2D eigenvalue weighted by Gasteiger charge is -2.50. The quantitative estimate of drug-likeness (QED) is 0.858. The molecule has 1 saturated heterocycles. The summed E-state index contributed by atoms with van der Waals surface area (Å²) >= 11 is 1.82. The second-order valence-electron chi connectivity index (χ2n) is 6.23. The van der Waals surface area contributed by atoms with Gasteiger partial charge in [-0.15, -0.1) is 11.8 Å². The molecule has 1 aliphatic carbocycles. The lowest BCUT2D eigenvalue weighted by atomic mass is 9.79. The summed E-state index contributed by atoms with van der Waals surface area (Å²) in [5.74, 6) is 0. The molecule has 0 aromatic heterocycles. The second-order valence-corrected chi connectivity index (χ2v) is 7.11. The van der Waals surface area contributed by atoms with E-state index in [1.54, 1.807) is 0 Å². The van der Waals surface area contributed by atoms with Gasteiger partial charge in [0.1, 0.15) is 0 Å². The molecular formula is C17H26N2S. The molecule has 1 saturated carbocycles. The highest BCUT2D eigenvalue weighted by atomic mass is 32.2. The molecule has 3 rings (SSSR count). The number of nitrogens with zero attached hydrogens (tertiary/aromatic N) is 1. The maximum Gasteiger partial charge on any atom is 0.0338 e. The van der Waals surface area contributed by atoms with Crippen molar-refractivity contribution in [3.05, 3.63) is 29.8 Å². The molecular weight excluding hydrogens is 264 g/mol. The van der Waals surface area contributed by atoms with Crippen LogP contribution in [0.5, 0.6) is 0 Å². The van der Waals surface area contributed by atoms with Crippen molar-refractivity contribution in [3.8, 4) is 0 Å². The van der Waals surface area contributed by atoms with E-state index in [0.717, 1.165) is 13.1 Å². The van der Waals surface area contributed by atoms with E-state index in [2.05, 4.69) is 40.7 Å². The summed E-state index contributed by atoms with van der Waals surface area (Å²) in [6.07, 6.45) is 9.14. The predicted molar refractivity (Wildman–Crippen MR) is 87.3 cm³/mol. The minimum Gasteiger partial charge on any atom is -0.314 e. The minimum atomic E-state index is 0.439. The van der Waals surface area contributed by atoms with Gasteiger partial charge in [-0.25, -0.2) is 0 Å². The van der Waals surface area contributed by atoms with Gasteiger partial charge in [0.05, 0.1) is 0 Å². The Hall–Kier alpha value is -0.510. The van der Waals surface area contributed by atoms with Crippen LogP contribution in [0.2, 0.25) is 0 Å². The Morgan fingerprint density at radius 3 is 2.60 bits per heavy atom. The largest absolute Gasteiger partial charge is 0.314 e. The predicted octanol–water partition coefficient (Wildman–Crippen LogP) is 3.52. The van der Waals surface area contributed by atoms with Gasteiger partial charge in [-0.2, -0.15) is 0 Å². The molecule has 2 aliphatic rings. The maximum absolute atomic E-state index is 3.63. The summed E-state index contributed by atoms with van der Waals surface area (Å²) in [5, 5.41) is 3.63. The van der Waals surface area contributed by atoms with E-state index in [9.17, 15) is 0 Å². The van der Waals surface area contributed by atoms with Crippen molar-refractivity contribution < 1.29 is 0 Å². The summed E-state index contributed by atoms with van der Waals surface area (Å²) in [5.41, 5.74) is 1.91. The molecule has 20 heavy (non-hydrogen) atoms. The van der Waals surface area contributed by atoms with E-state index < -0.39 is 0 Å². The highest BCUT2D eigenvalue weighted by Gasteiger charge is 2.39. The first-order valence-corrected chi connectivity index (χ1v) is 9.14. The Morgan fingerprint density at radius 1 is 1.15 bits per heavy atom. The number of thioether (sulfide) groups is 1. The molecule has 0 bridgehead atoms. The lowest BCUT2D eigenvalue weighted by molar-refractivity contribution is 0.0209. The molecule has 1 heterocycles. The van der Waals surface area contributed by atoms with Gasteiger partial charge in [0.25, 0.3) is 0 Å². The first-order valence-electron chi connectivity index (χ1n) is 7.91. The molecule has 3 heteroatoms. The van der Waals surface area contributed by atoms with Crippen LogP contribution in [0, 0.1) is 0 Å². The Bertz CT molecular complexity index is 415. The van der Waals surface area contributed by atoms with Gasteiger partial charge < -0.3 is 5.32 Å². The zero-order valence-corrected chi connectivity index (χ0v) is 13.3. The monoisotopic (exact) mass is 290 g/mol. The van der Waals surface area contributed by atoms with Crippen molar-refractivity contribution in [1.82, 2.24) is 10.2 Å². The smallest absolute Gasteiger partial charge is 0.0338 e. The summed E-state index contributed by atoms with van der Waals surface area (Å²) in [6, 6.07) is 9.14. The van der Waals surface area contributed by atoms with Crippen LogP contribution in [-0.2, 0) is 6.54 Å². The third-order valence-electron chi connectivity index (χ3n) is 5.00. The molecule has 0 amide bonds. The molecule has 2 nitrogen and oxygen atoms in total. The van der Waals surface area contributed by atoms with Gasteiger partial charge in [-0.1, -0.05) is 31.4 Å². The molecule has 1 aromatic carbocycles. The molecule has 0 unspecified atom stereocenters. The SMILES string of the molecule is CSc1ccc(CN2CCNCC23CCCCC3)cc1. The first kappa shape index (κ1) is 14.4. The molecule has 2 fully saturated rings. The van der Waals surface area contributed by atoms with Crippen LogP contribution in [0.1, 0.15) is 37.7 Å².